The number of rotatable bonds is 3. The predicted octanol–water partition coefficient (Wildman–Crippen LogP) is 1.83. The lowest BCUT2D eigenvalue weighted by atomic mass is 10.1. The molecule has 0 bridgehead atoms. The summed E-state index contributed by atoms with van der Waals surface area (Å²) in [6.07, 6.45) is 3.40. The average molecular weight is 263 g/mol. The van der Waals surface area contributed by atoms with Crippen molar-refractivity contribution in [3.8, 4) is 16.9 Å². The van der Waals surface area contributed by atoms with E-state index in [0.29, 0.717) is 11.3 Å². The van der Waals surface area contributed by atoms with E-state index in [1.807, 2.05) is 30.3 Å². The first-order valence-electron chi connectivity index (χ1n) is 6.03. The second kappa shape index (κ2) is 4.97. The van der Waals surface area contributed by atoms with Gasteiger partial charge in [-0.1, -0.05) is 18.2 Å². The fourth-order valence-electron chi connectivity index (χ4n) is 1.92. The summed E-state index contributed by atoms with van der Waals surface area (Å²) in [6.45, 7) is 0. The van der Waals surface area contributed by atoms with Crippen LogP contribution in [0, 0.1) is 6.07 Å². The van der Waals surface area contributed by atoms with Gasteiger partial charge in [-0.3, -0.25) is 9.78 Å². The maximum atomic E-state index is 11.6. The first kappa shape index (κ1) is 12.1. The second-order valence-electron chi connectivity index (χ2n) is 4.18. The Morgan fingerprint density at radius 3 is 2.80 bits per heavy atom. The van der Waals surface area contributed by atoms with E-state index in [2.05, 4.69) is 16.1 Å². The average Bonchev–Trinajstić information content (AvgIpc) is 2.94. The number of pyridine rings is 1. The Kier molecular flexibility index (Phi) is 3.01. The Balaban J connectivity index is 2.15. The van der Waals surface area contributed by atoms with Gasteiger partial charge in [-0.05, 0) is 30.3 Å². The first-order valence-corrected chi connectivity index (χ1v) is 6.03. The third-order valence-electron chi connectivity index (χ3n) is 2.84. The van der Waals surface area contributed by atoms with Crippen LogP contribution >= 0.6 is 0 Å². The topological polar surface area (TPSA) is 73.8 Å². The number of amides is 1. The molecule has 3 aromatic rings. The molecule has 0 atom stereocenters. The van der Waals surface area contributed by atoms with E-state index >= 15 is 0 Å². The van der Waals surface area contributed by atoms with Gasteiger partial charge in [0.15, 0.2) is 5.69 Å². The van der Waals surface area contributed by atoms with Crippen molar-refractivity contribution in [1.82, 2.24) is 14.8 Å². The SMILES string of the molecule is NC(=O)c1nn(-c2c[c]ccc2)cc1-c1ccccn1. The zero-order valence-corrected chi connectivity index (χ0v) is 10.5. The van der Waals surface area contributed by atoms with Crippen molar-refractivity contribution in [2.24, 2.45) is 5.73 Å². The fourth-order valence-corrected chi connectivity index (χ4v) is 1.92. The Bertz CT molecular complexity index is 735. The normalized spacial score (nSPS) is 10.4. The number of primary amides is 1. The van der Waals surface area contributed by atoms with Crippen molar-refractivity contribution in [2.75, 3.05) is 0 Å². The minimum absolute atomic E-state index is 0.201. The van der Waals surface area contributed by atoms with Gasteiger partial charge in [0.2, 0.25) is 0 Å². The third-order valence-corrected chi connectivity index (χ3v) is 2.84. The van der Waals surface area contributed by atoms with Crippen LogP contribution in [0.4, 0.5) is 0 Å². The summed E-state index contributed by atoms with van der Waals surface area (Å²) in [5, 5.41) is 4.24. The van der Waals surface area contributed by atoms with Crippen LogP contribution < -0.4 is 5.73 Å². The Labute approximate surface area is 115 Å². The van der Waals surface area contributed by atoms with Gasteiger partial charge in [0.1, 0.15) is 0 Å². The number of carbonyl (C=O) groups is 1. The van der Waals surface area contributed by atoms with Gasteiger partial charge < -0.3 is 5.73 Å². The molecule has 0 saturated carbocycles. The van der Waals surface area contributed by atoms with E-state index in [4.69, 9.17) is 5.73 Å². The van der Waals surface area contributed by atoms with E-state index in [-0.39, 0.29) is 5.69 Å². The van der Waals surface area contributed by atoms with Crippen molar-refractivity contribution in [1.29, 1.82) is 0 Å². The van der Waals surface area contributed by atoms with Crippen LogP contribution in [-0.4, -0.2) is 20.7 Å². The Morgan fingerprint density at radius 1 is 1.25 bits per heavy atom. The zero-order valence-electron chi connectivity index (χ0n) is 10.5. The minimum atomic E-state index is -0.579. The number of hydrogen-bond acceptors (Lipinski definition) is 3. The molecular formula is C15H11N4O. The monoisotopic (exact) mass is 263 g/mol. The molecule has 0 aliphatic heterocycles. The zero-order chi connectivity index (χ0) is 13.9. The molecule has 97 valence electrons. The van der Waals surface area contributed by atoms with Gasteiger partial charge in [-0.2, -0.15) is 5.10 Å². The summed E-state index contributed by atoms with van der Waals surface area (Å²) < 4.78 is 1.60. The molecule has 5 nitrogen and oxygen atoms in total. The molecule has 1 aromatic carbocycles. The molecule has 0 fully saturated rings. The van der Waals surface area contributed by atoms with Gasteiger partial charge >= 0.3 is 0 Å². The molecule has 2 aromatic heterocycles. The lowest BCUT2D eigenvalue weighted by Gasteiger charge is -1.98. The molecule has 1 amide bonds. The van der Waals surface area contributed by atoms with Crippen LogP contribution in [0.25, 0.3) is 16.9 Å². The quantitative estimate of drug-likeness (QED) is 0.783. The highest BCUT2D eigenvalue weighted by Gasteiger charge is 2.16. The molecule has 2 N–H and O–H groups in total. The highest BCUT2D eigenvalue weighted by Crippen LogP contribution is 2.22. The molecule has 0 unspecified atom stereocenters. The third kappa shape index (κ3) is 2.16. The maximum Gasteiger partial charge on any atom is 0.269 e. The van der Waals surface area contributed by atoms with Gasteiger partial charge in [-0.15, -0.1) is 0 Å². The van der Waals surface area contributed by atoms with Crippen LogP contribution in [0.3, 0.4) is 0 Å². The number of hydrogen-bond donors (Lipinski definition) is 1. The van der Waals surface area contributed by atoms with Gasteiger partial charge in [-0.25, -0.2) is 4.68 Å². The van der Waals surface area contributed by atoms with Gasteiger partial charge in [0.05, 0.1) is 16.9 Å². The van der Waals surface area contributed by atoms with Crippen LogP contribution in [0.2, 0.25) is 0 Å². The van der Waals surface area contributed by atoms with Gasteiger partial charge in [0, 0.05) is 12.4 Å². The molecule has 0 saturated heterocycles. The molecular weight excluding hydrogens is 252 g/mol. The molecule has 20 heavy (non-hydrogen) atoms. The molecule has 0 aliphatic carbocycles. The molecule has 0 aliphatic rings. The summed E-state index contributed by atoms with van der Waals surface area (Å²) in [4.78, 5) is 15.8. The van der Waals surface area contributed by atoms with E-state index in [9.17, 15) is 4.79 Å². The predicted molar refractivity (Wildman–Crippen MR) is 74.1 cm³/mol. The van der Waals surface area contributed by atoms with Crippen molar-refractivity contribution in [3.63, 3.8) is 0 Å². The number of nitrogens with two attached hydrogens (primary N) is 1. The summed E-state index contributed by atoms with van der Waals surface area (Å²) in [6, 6.07) is 15.7. The summed E-state index contributed by atoms with van der Waals surface area (Å²) in [7, 11) is 0. The molecule has 5 heteroatoms. The molecule has 1 radical (unpaired) electrons. The number of carbonyl (C=O) groups excluding carboxylic acids is 1. The molecule has 2 heterocycles. The highest BCUT2D eigenvalue weighted by molar-refractivity contribution is 5.97. The van der Waals surface area contributed by atoms with Crippen molar-refractivity contribution >= 4 is 5.91 Å². The standard InChI is InChI=1S/C15H11N4O/c16-15(20)14-12(13-8-4-5-9-17-13)10-19(18-14)11-6-2-1-3-7-11/h1-2,4-10H,(H2,16,20). The summed E-state index contributed by atoms with van der Waals surface area (Å²) in [5.74, 6) is -0.579. The maximum absolute atomic E-state index is 11.6. The van der Waals surface area contributed by atoms with Crippen molar-refractivity contribution in [3.05, 3.63) is 66.6 Å². The number of benzene rings is 1. The van der Waals surface area contributed by atoms with E-state index < -0.39 is 5.91 Å². The van der Waals surface area contributed by atoms with Crippen molar-refractivity contribution < 1.29 is 4.79 Å². The van der Waals surface area contributed by atoms with E-state index in [0.717, 1.165) is 5.69 Å². The highest BCUT2D eigenvalue weighted by atomic mass is 16.1. The minimum Gasteiger partial charge on any atom is -0.364 e. The molecule has 3 rings (SSSR count). The van der Waals surface area contributed by atoms with Crippen molar-refractivity contribution in [2.45, 2.75) is 0 Å². The van der Waals surface area contributed by atoms with Crippen LogP contribution in [-0.2, 0) is 0 Å². The number of nitrogens with zero attached hydrogens (tertiary/aromatic N) is 3. The largest absolute Gasteiger partial charge is 0.364 e. The fraction of sp³-hybridized carbons (Fsp3) is 0. The Morgan fingerprint density at radius 2 is 2.15 bits per heavy atom. The lowest BCUT2D eigenvalue weighted by molar-refractivity contribution is 0.0996. The van der Waals surface area contributed by atoms with Crippen LogP contribution in [0.5, 0.6) is 0 Å². The van der Waals surface area contributed by atoms with Crippen LogP contribution in [0.15, 0.2) is 54.9 Å². The number of aromatic nitrogens is 3. The summed E-state index contributed by atoms with van der Waals surface area (Å²) >= 11 is 0. The van der Waals surface area contributed by atoms with E-state index in [1.165, 1.54) is 0 Å². The van der Waals surface area contributed by atoms with Crippen LogP contribution in [0.1, 0.15) is 10.5 Å². The molecule has 0 spiro atoms. The Hall–Kier alpha value is -2.95. The van der Waals surface area contributed by atoms with Gasteiger partial charge in [0.25, 0.3) is 5.91 Å². The summed E-state index contributed by atoms with van der Waals surface area (Å²) in [5.41, 5.74) is 7.67. The van der Waals surface area contributed by atoms with E-state index in [1.54, 1.807) is 29.2 Å². The first-order chi connectivity index (χ1) is 9.75. The second-order valence-corrected chi connectivity index (χ2v) is 4.18. The lowest BCUT2D eigenvalue weighted by Crippen LogP contribution is -2.13. The smallest absolute Gasteiger partial charge is 0.269 e.